The van der Waals surface area contributed by atoms with Gasteiger partial charge in [-0.2, -0.15) is 5.48 Å². The molecule has 0 heterocycles. The van der Waals surface area contributed by atoms with E-state index in [4.69, 9.17) is 0 Å². The number of carbonyl (C=O) groups is 3. The summed E-state index contributed by atoms with van der Waals surface area (Å²) in [4.78, 5) is 41.5. The van der Waals surface area contributed by atoms with Crippen LogP contribution in [0.3, 0.4) is 0 Å². The number of halogens is 3. The van der Waals surface area contributed by atoms with Crippen LogP contribution in [0.15, 0.2) is 48.5 Å². The van der Waals surface area contributed by atoms with Crippen LogP contribution < -0.4 is 10.8 Å². The molecule has 2 rings (SSSR count). The van der Waals surface area contributed by atoms with Gasteiger partial charge in [-0.25, -0.2) is 18.0 Å². The highest BCUT2D eigenvalue weighted by Gasteiger charge is 2.46. The molecule has 0 saturated carbocycles. The number of alkyl halides is 2. The molecule has 10 heteroatoms. The molecule has 7 nitrogen and oxygen atoms in total. The minimum absolute atomic E-state index is 0.0374. The van der Waals surface area contributed by atoms with Crippen LogP contribution in [-0.4, -0.2) is 41.0 Å². The Balaban J connectivity index is 2.21. The minimum atomic E-state index is -3.42. The first-order valence-corrected chi connectivity index (χ1v) is 9.92. The second-order valence-electron chi connectivity index (χ2n) is 8.60. The van der Waals surface area contributed by atoms with E-state index >= 15 is 0 Å². The lowest BCUT2D eigenvalue weighted by Gasteiger charge is -2.31. The Kier molecular flexibility index (Phi) is 7.86. The first-order chi connectivity index (χ1) is 15.2. The van der Waals surface area contributed by atoms with E-state index in [0.29, 0.717) is 18.1 Å². The van der Waals surface area contributed by atoms with Crippen molar-refractivity contribution in [2.45, 2.75) is 45.8 Å². The number of hydrogen-bond acceptors (Lipinski definition) is 5. The molecule has 2 aromatic rings. The highest BCUT2D eigenvalue weighted by molar-refractivity contribution is 5.98. The Morgan fingerprint density at radius 1 is 0.970 bits per heavy atom. The normalized spacial score (nSPS) is 14.2. The van der Waals surface area contributed by atoms with E-state index in [2.05, 4.69) is 4.84 Å². The molecule has 3 N–H and O–H groups in total. The molecule has 0 spiro atoms. The maximum atomic E-state index is 13.9. The van der Waals surface area contributed by atoms with E-state index in [1.54, 1.807) is 17.6 Å². The van der Waals surface area contributed by atoms with Crippen molar-refractivity contribution in [2.24, 2.45) is 5.41 Å². The van der Waals surface area contributed by atoms with E-state index in [-0.39, 0.29) is 5.56 Å². The fourth-order valence-electron chi connectivity index (χ4n) is 2.62. The molecule has 0 radical (unpaired) electrons. The van der Waals surface area contributed by atoms with Crippen molar-refractivity contribution in [3.8, 4) is 11.1 Å². The van der Waals surface area contributed by atoms with Crippen molar-refractivity contribution < 1.29 is 37.5 Å². The number of benzene rings is 2. The molecule has 2 amide bonds. The molecular weight excluding hydrogens is 441 g/mol. The van der Waals surface area contributed by atoms with Crippen LogP contribution in [0.4, 0.5) is 13.2 Å². The quantitative estimate of drug-likeness (QED) is 0.567. The van der Waals surface area contributed by atoms with Crippen LogP contribution in [0.2, 0.25) is 0 Å². The van der Waals surface area contributed by atoms with Crippen LogP contribution >= 0.6 is 0 Å². The van der Waals surface area contributed by atoms with Crippen LogP contribution in [0.1, 0.15) is 38.1 Å². The van der Waals surface area contributed by atoms with Gasteiger partial charge in [0.15, 0.2) is 5.60 Å². The monoisotopic (exact) mass is 466 g/mol. The van der Waals surface area contributed by atoms with Gasteiger partial charge >= 0.3 is 5.97 Å². The second-order valence-corrected chi connectivity index (χ2v) is 8.60. The largest absolute Gasteiger partial charge is 0.381 e. The van der Waals surface area contributed by atoms with Crippen molar-refractivity contribution in [3.63, 3.8) is 0 Å². The zero-order valence-corrected chi connectivity index (χ0v) is 18.5. The van der Waals surface area contributed by atoms with E-state index in [9.17, 15) is 32.7 Å². The smallest absolute Gasteiger partial charge is 0.337 e. The molecule has 0 aromatic heterocycles. The average Bonchev–Trinajstić information content (AvgIpc) is 2.75. The second kappa shape index (κ2) is 10.0. The van der Waals surface area contributed by atoms with Gasteiger partial charge in [0.05, 0.1) is 5.41 Å². The molecule has 0 aliphatic heterocycles. The Labute approximate surface area is 188 Å². The van der Waals surface area contributed by atoms with Crippen LogP contribution in [-0.2, 0) is 14.4 Å². The number of hydroxylamine groups is 1. The van der Waals surface area contributed by atoms with Gasteiger partial charge in [0.1, 0.15) is 11.9 Å². The number of carbonyl (C=O) groups excluding carboxylic acids is 3. The maximum absolute atomic E-state index is 13.9. The van der Waals surface area contributed by atoms with Gasteiger partial charge in [0, 0.05) is 11.1 Å². The fraction of sp³-hybridized carbons (Fsp3) is 0.348. The summed E-state index contributed by atoms with van der Waals surface area (Å²) in [5, 5.41) is 12.2. The molecule has 2 atom stereocenters. The van der Waals surface area contributed by atoms with Gasteiger partial charge in [-0.15, -0.1) is 0 Å². The molecular formula is C23H25F3N2O5. The zero-order chi connectivity index (χ0) is 25.0. The molecule has 0 saturated heterocycles. The van der Waals surface area contributed by atoms with E-state index < -0.39 is 47.1 Å². The topological polar surface area (TPSA) is 105 Å². The number of hydrogen-bond donors (Lipinski definition) is 3. The third kappa shape index (κ3) is 6.32. The standard InChI is InChI=1S/C23H25F3N2O5/c1-22(2,3)21(31)33-28-19(30)17(23(4,32)20(25)26)27-18(29)14-11-9-13(10-12-14)15-7-5-6-8-16(15)24/h5-12,17,20,32H,1-4H3,(H,27,29)(H,28,30)/t17?,23-/m0/s1. The third-order valence-electron chi connectivity index (χ3n) is 4.75. The predicted molar refractivity (Wildman–Crippen MR) is 113 cm³/mol. The Bertz CT molecular complexity index is 1020. The lowest BCUT2D eigenvalue weighted by molar-refractivity contribution is -0.171. The fourth-order valence-corrected chi connectivity index (χ4v) is 2.62. The van der Waals surface area contributed by atoms with Gasteiger partial charge in [0.25, 0.3) is 18.2 Å². The summed E-state index contributed by atoms with van der Waals surface area (Å²) >= 11 is 0. The summed E-state index contributed by atoms with van der Waals surface area (Å²) in [5.41, 5.74) is -1.56. The molecule has 0 fully saturated rings. The number of amides is 2. The summed E-state index contributed by atoms with van der Waals surface area (Å²) in [6, 6.07) is 9.33. The Morgan fingerprint density at radius 3 is 2.06 bits per heavy atom. The van der Waals surface area contributed by atoms with Crippen molar-refractivity contribution in [3.05, 3.63) is 59.9 Å². The highest BCUT2D eigenvalue weighted by Crippen LogP contribution is 2.24. The minimum Gasteiger partial charge on any atom is -0.381 e. The summed E-state index contributed by atoms with van der Waals surface area (Å²) in [6.45, 7) is 5.16. The maximum Gasteiger partial charge on any atom is 0.337 e. The van der Waals surface area contributed by atoms with Crippen LogP contribution in [0, 0.1) is 11.2 Å². The molecule has 33 heavy (non-hydrogen) atoms. The molecule has 1 unspecified atom stereocenters. The van der Waals surface area contributed by atoms with Crippen molar-refractivity contribution in [1.29, 1.82) is 0 Å². The number of nitrogens with one attached hydrogen (secondary N) is 2. The van der Waals surface area contributed by atoms with Gasteiger partial charge in [-0.05, 0) is 51.5 Å². The van der Waals surface area contributed by atoms with Gasteiger partial charge in [-0.3, -0.25) is 9.59 Å². The Hall–Kier alpha value is -3.40. The molecule has 0 bridgehead atoms. The SMILES string of the molecule is CC(C)(C)C(=O)ONC(=O)C(NC(=O)c1ccc(-c2ccccc2F)cc1)[C@](C)(O)C(F)F. The summed E-state index contributed by atoms with van der Waals surface area (Å²) in [6.07, 6.45) is -3.42. The molecule has 2 aromatic carbocycles. The van der Waals surface area contributed by atoms with E-state index in [1.165, 1.54) is 57.2 Å². The van der Waals surface area contributed by atoms with Gasteiger partial charge in [0.2, 0.25) is 0 Å². The predicted octanol–water partition coefficient (Wildman–Crippen LogP) is 3.23. The average molecular weight is 466 g/mol. The number of aliphatic hydroxyl groups is 1. The van der Waals surface area contributed by atoms with Crippen molar-refractivity contribution in [2.75, 3.05) is 0 Å². The Morgan fingerprint density at radius 2 is 1.55 bits per heavy atom. The molecule has 0 aliphatic rings. The van der Waals surface area contributed by atoms with Crippen molar-refractivity contribution in [1.82, 2.24) is 10.8 Å². The first-order valence-electron chi connectivity index (χ1n) is 9.92. The van der Waals surface area contributed by atoms with E-state index in [1.807, 2.05) is 5.32 Å². The zero-order valence-electron chi connectivity index (χ0n) is 18.5. The lowest BCUT2D eigenvalue weighted by atomic mass is 9.95. The van der Waals surface area contributed by atoms with E-state index in [0.717, 1.165) is 0 Å². The number of rotatable bonds is 6. The molecule has 178 valence electrons. The van der Waals surface area contributed by atoms with Crippen LogP contribution in [0.25, 0.3) is 11.1 Å². The van der Waals surface area contributed by atoms with Crippen molar-refractivity contribution >= 4 is 17.8 Å². The summed E-state index contributed by atoms with van der Waals surface area (Å²) < 4.78 is 40.8. The first kappa shape index (κ1) is 25.9. The summed E-state index contributed by atoms with van der Waals surface area (Å²) in [7, 11) is 0. The van der Waals surface area contributed by atoms with Gasteiger partial charge in [-0.1, -0.05) is 30.3 Å². The summed E-state index contributed by atoms with van der Waals surface area (Å²) in [5.74, 6) is -3.64. The van der Waals surface area contributed by atoms with Gasteiger partial charge < -0.3 is 15.3 Å². The third-order valence-corrected chi connectivity index (χ3v) is 4.75. The lowest BCUT2D eigenvalue weighted by Crippen LogP contribution is -2.62. The van der Waals surface area contributed by atoms with Crippen LogP contribution in [0.5, 0.6) is 0 Å². The highest BCUT2D eigenvalue weighted by atomic mass is 19.3. The molecule has 0 aliphatic carbocycles.